The molecule has 0 fully saturated rings. The number of carboxylic acid groups (broad SMARTS) is 1. The number of benzene rings is 1. The van der Waals surface area contributed by atoms with Gasteiger partial charge in [0.25, 0.3) is 0 Å². The lowest BCUT2D eigenvalue weighted by molar-refractivity contribution is -0.131. The van der Waals surface area contributed by atoms with Gasteiger partial charge in [-0.25, -0.2) is 4.79 Å². The Morgan fingerprint density at radius 3 is 2.76 bits per heavy atom. The van der Waals surface area contributed by atoms with E-state index >= 15 is 0 Å². The van der Waals surface area contributed by atoms with Crippen LogP contribution >= 0.6 is 0 Å². The normalized spacial score (nSPS) is 11.1. The van der Waals surface area contributed by atoms with E-state index in [1.165, 1.54) is 0 Å². The van der Waals surface area contributed by atoms with Crippen LogP contribution in [-0.4, -0.2) is 21.8 Å². The minimum absolute atomic E-state index is 0.317. The molecule has 0 spiro atoms. The number of carbonyl (C=O) groups is 2. The van der Waals surface area contributed by atoms with Gasteiger partial charge in [-0.2, -0.15) is 0 Å². The van der Waals surface area contributed by atoms with Gasteiger partial charge >= 0.3 is 5.97 Å². The molecular formula is C13H11NO3. The maximum Gasteiger partial charge on any atom is 0.328 e. The Balaban J connectivity index is 2.43. The molecule has 2 rings (SSSR count). The number of aromatic amines is 1. The van der Waals surface area contributed by atoms with Gasteiger partial charge in [-0.3, -0.25) is 4.79 Å². The maximum atomic E-state index is 11.7. The fourth-order valence-electron chi connectivity index (χ4n) is 1.68. The highest BCUT2D eigenvalue weighted by Crippen LogP contribution is 2.20. The molecular weight excluding hydrogens is 218 g/mol. The number of allylic oxidation sites excluding steroid dienone is 1. The van der Waals surface area contributed by atoms with E-state index < -0.39 is 5.97 Å². The van der Waals surface area contributed by atoms with Crippen LogP contribution in [0.5, 0.6) is 0 Å². The molecule has 0 amide bonds. The van der Waals surface area contributed by atoms with Crippen molar-refractivity contribution < 1.29 is 14.7 Å². The maximum absolute atomic E-state index is 11.7. The molecule has 0 radical (unpaired) electrons. The Morgan fingerprint density at radius 1 is 1.29 bits per heavy atom. The molecule has 86 valence electrons. The van der Waals surface area contributed by atoms with E-state index in [0.717, 1.165) is 28.6 Å². The molecule has 4 heteroatoms. The standard InChI is InChI=1S/C13H11NO3/c1-8-2-3-9-10(7-14-11(9)6-8)12(15)4-5-13(16)17/h2-7,14H,1H3,(H,16,17). The van der Waals surface area contributed by atoms with Crippen molar-refractivity contribution in [1.82, 2.24) is 4.98 Å². The molecule has 0 saturated carbocycles. The molecule has 0 unspecified atom stereocenters. The molecule has 0 atom stereocenters. The van der Waals surface area contributed by atoms with Gasteiger partial charge < -0.3 is 10.1 Å². The van der Waals surface area contributed by atoms with Crippen molar-refractivity contribution in [1.29, 1.82) is 0 Å². The zero-order chi connectivity index (χ0) is 12.4. The monoisotopic (exact) mass is 229 g/mol. The number of H-pyrrole nitrogens is 1. The Morgan fingerprint density at radius 2 is 2.06 bits per heavy atom. The number of aryl methyl sites for hydroxylation is 1. The number of ketones is 1. The number of carboxylic acids is 1. The highest BCUT2D eigenvalue weighted by atomic mass is 16.4. The summed E-state index contributed by atoms with van der Waals surface area (Å²) in [5, 5.41) is 9.26. The predicted molar refractivity (Wildman–Crippen MR) is 64.1 cm³/mol. The molecule has 0 aliphatic rings. The molecule has 1 aromatic carbocycles. The molecule has 1 aromatic heterocycles. The SMILES string of the molecule is Cc1ccc2c(C(=O)C=CC(=O)O)c[nH]c2c1. The molecule has 1 heterocycles. The van der Waals surface area contributed by atoms with Crippen molar-refractivity contribution in [2.75, 3.05) is 0 Å². The number of rotatable bonds is 3. The van der Waals surface area contributed by atoms with Crippen LogP contribution < -0.4 is 0 Å². The molecule has 2 N–H and O–H groups in total. The summed E-state index contributed by atoms with van der Waals surface area (Å²) >= 11 is 0. The molecule has 0 saturated heterocycles. The first-order valence-electron chi connectivity index (χ1n) is 5.11. The zero-order valence-electron chi connectivity index (χ0n) is 9.23. The smallest absolute Gasteiger partial charge is 0.328 e. The molecule has 2 aromatic rings. The number of aromatic nitrogens is 1. The Bertz CT molecular complexity index is 623. The number of nitrogens with one attached hydrogen (secondary N) is 1. The van der Waals surface area contributed by atoms with E-state index in [4.69, 9.17) is 5.11 Å². The van der Waals surface area contributed by atoms with Gasteiger partial charge in [0.2, 0.25) is 0 Å². The molecule has 17 heavy (non-hydrogen) atoms. The van der Waals surface area contributed by atoms with Crippen LogP contribution in [0.2, 0.25) is 0 Å². The second-order valence-corrected chi connectivity index (χ2v) is 3.79. The second-order valence-electron chi connectivity index (χ2n) is 3.79. The number of aliphatic carboxylic acids is 1. The topological polar surface area (TPSA) is 70.2 Å². The fourth-order valence-corrected chi connectivity index (χ4v) is 1.68. The highest BCUT2D eigenvalue weighted by molar-refractivity contribution is 6.14. The number of hydrogen-bond acceptors (Lipinski definition) is 2. The van der Waals surface area contributed by atoms with E-state index in [1.54, 1.807) is 6.20 Å². The van der Waals surface area contributed by atoms with Crippen LogP contribution in [0.4, 0.5) is 0 Å². The molecule has 4 nitrogen and oxygen atoms in total. The van der Waals surface area contributed by atoms with E-state index in [1.807, 2.05) is 25.1 Å². The first-order chi connectivity index (χ1) is 8.08. The average molecular weight is 229 g/mol. The summed E-state index contributed by atoms with van der Waals surface area (Å²) < 4.78 is 0. The third kappa shape index (κ3) is 2.25. The van der Waals surface area contributed by atoms with Crippen molar-refractivity contribution in [3.63, 3.8) is 0 Å². The largest absolute Gasteiger partial charge is 0.478 e. The minimum Gasteiger partial charge on any atom is -0.478 e. The Labute approximate surface area is 97.6 Å². The molecule has 0 aliphatic heterocycles. The summed E-state index contributed by atoms with van der Waals surface area (Å²) in [6.07, 6.45) is 3.50. The summed E-state index contributed by atoms with van der Waals surface area (Å²) in [7, 11) is 0. The number of hydrogen-bond donors (Lipinski definition) is 2. The van der Waals surface area contributed by atoms with Gasteiger partial charge in [-0.1, -0.05) is 12.1 Å². The van der Waals surface area contributed by atoms with Crippen LogP contribution in [0.1, 0.15) is 15.9 Å². The van der Waals surface area contributed by atoms with Crippen molar-refractivity contribution >= 4 is 22.7 Å². The van der Waals surface area contributed by atoms with Crippen LogP contribution in [0, 0.1) is 6.92 Å². The summed E-state index contributed by atoms with van der Waals surface area (Å²) in [4.78, 5) is 25.1. The van der Waals surface area contributed by atoms with Crippen molar-refractivity contribution in [2.45, 2.75) is 6.92 Å². The van der Waals surface area contributed by atoms with E-state index in [9.17, 15) is 9.59 Å². The lowest BCUT2D eigenvalue weighted by atomic mass is 10.1. The fraction of sp³-hybridized carbons (Fsp3) is 0.0769. The summed E-state index contributed by atoms with van der Waals surface area (Å²) in [5.74, 6) is -1.45. The highest BCUT2D eigenvalue weighted by Gasteiger charge is 2.09. The third-order valence-electron chi connectivity index (χ3n) is 2.48. The minimum atomic E-state index is -1.13. The first-order valence-corrected chi connectivity index (χ1v) is 5.11. The van der Waals surface area contributed by atoms with Crippen molar-refractivity contribution in [3.05, 3.63) is 47.7 Å². The van der Waals surface area contributed by atoms with Gasteiger partial charge in [0.1, 0.15) is 0 Å². The lowest BCUT2D eigenvalue weighted by Gasteiger charge is -1.95. The Kier molecular flexibility index (Phi) is 2.78. The van der Waals surface area contributed by atoms with Gasteiger partial charge in [-0.05, 0) is 24.6 Å². The van der Waals surface area contributed by atoms with Crippen molar-refractivity contribution in [3.8, 4) is 0 Å². The lowest BCUT2D eigenvalue weighted by Crippen LogP contribution is -1.95. The van der Waals surface area contributed by atoms with Crippen molar-refractivity contribution in [2.24, 2.45) is 0 Å². The van der Waals surface area contributed by atoms with Crippen LogP contribution in [0.3, 0.4) is 0 Å². The predicted octanol–water partition coefficient (Wildman–Crippen LogP) is 2.30. The van der Waals surface area contributed by atoms with E-state index in [-0.39, 0.29) is 5.78 Å². The van der Waals surface area contributed by atoms with Gasteiger partial charge in [-0.15, -0.1) is 0 Å². The number of carbonyl (C=O) groups excluding carboxylic acids is 1. The van der Waals surface area contributed by atoms with Gasteiger partial charge in [0.05, 0.1) is 0 Å². The second kappa shape index (κ2) is 4.25. The molecule has 0 bridgehead atoms. The van der Waals surface area contributed by atoms with Gasteiger partial charge in [0, 0.05) is 28.7 Å². The quantitative estimate of drug-likeness (QED) is 0.626. The van der Waals surface area contributed by atoms with Crippen LogP contribution in [0.15, 0.2) is 36.5 Å². The Hall–Kier alpha value is -2.36. The summed E-state index contributed by atoms with van der Waals surface area (Å²) in [6.45, 7) is 1.96. The molecule has 0 aliphatic carbocycles. The van der Waals surface area contributed by atoms with E-state index in [0.29, 0.717) is 5.56 Å². The zero-order valence-corrected chi connectivity index (χ0v) is 9.23. The summed E-state index contributed by atoms with van der Waals surface area (Å²) in [5.41, 5.74) is 2.45. The van der Waals surface area contributed by atoms with E-state index in [2.05, 4.69) is 4.98 Å². The van der Waals surface area contributed by atoms with Crippen LogP contribution in [-0.2, 0) is 4.79 Å². The van der Waals surface area contributed by atoms with Gasteiger partial charge in [0.15, 0.2) is 5.78 Å². The third-order valence-corrected chi connectivity index (χ3v) is 2.48. The summed E-state index contributed by atoms with van der Waals surface area (Å²) in [6, 6.07) is 5.70. The first kappa shape index (κ1) is 11.1. The number of fused-ring (bicyclic) bond motifs is 1. The van der Waals surface area contributed by atoms with Crippen LogP contribution in [0.25, 0.3) is 10.9 Å². The average Bonchev–Trinajstić information content (AvgIpc) is 2.68.